The number of pyridine rings is 1. The first-order valence-corrected chi connectivity index (χ1v) is 10.6. The quantitative estimate of drug-likeness (QED) is 0.325. The Bertz CT molecular complexity index is 942. The van der Waals surface area contributed by atoms with E-state index in [1.807, 2.05) is 12.1 Å². The summed E-state index contributed by atoms with van der Waals surface area (Å²) >= 11 is 9.95. The van der Waals surface area contributed by atoms with E-state index in [0.29, 0.717) is 40.1 Å². The highest BCUT2D eigenvalue weighted by Gasteiger charge is 2.31. The highest BCUT2D eigenvalue weighted by molar-refractivity contribution is 9.10. The average Bonchev–Trinajstić information content (AvgIpc) is 3.21. The van der Waals surface area contributed by atoms with Gasteiger partial charge in [0.05, 0.1) is 4.91 Å². The number of aromatic nitrogens is 1. The van der Waals surface area contributed by atoms with Gasteiger partial charge in [-0.15, -0.1) is 0 Å². The van der Waals surface area contributed by atoms with E-state index in [9.17, 15) is 9.59 Å². The minimum atomic E-state index is -0.801. The predicted molar refractivity (Wildman–Crippen MR) is 116 cm³/mol. The molecule has 0 aliphatic carbocycles. The van der Waals surface area contributed by atoms with Crippen LogP contribution < -0.4 is 0 Å². The number of carboxylic acids is 1. The van der Waals surface area contributed by atoms with Gasteiger partial charge in [0, 0.05) is 41.5 Å². The van der Waals surface area contributed by atoms with Crippen molar-refractivity contribution in [2.45, 2.75) is 25.7 Å². The van der Waals surface area contributed by atoms with Crippen molar-refractivity contribution in [3.05, 3.63) is 45.7 Å². The number of hydrogen-bond donors (Lipinski definition) is 1. The number of halogens is 1. The number of rotatable bonds is 8. The van der Waals surface area contributed by atoms with Gasteiger partial charge in [0.1, 0.15) is 15.8 Å². The van der Waals surface area contributed by atoms with Gasteiger partial charge in [-0.3, -0.25) is 19.5 Å². The van der Waals surface area contributed by atoms with Gasteiger partial charge in [0.2, 0.25) is 0 Å². The van der Waals surface area contributed by atoms with Gasteiger partial charge in [0.25, 0.3) is 5.91 Å². The van der Waals surface area contributed by atoms with Crippen molar-refractivity contribution in [2.75, 3.05) is 6.54 Å². The van der Waals surface area contributed by atoms with Crippen molar-refractivity contribution in [3.63, 3.8) is 0 Å². The van der Waals surface area contributed by atoms with Crippen LogP contribution in [0.2, 0.25) is 0 Å². The monoisotopic (exact) mass is 480 g/mol. The fourth-order valence-electron chi connectivity index (χ4n) is 2.68. The van der Waals surface area contributed by atoms with Crippen molar-refractivity contribution < 1.29 is 19.1 Å². The van der Waals surface area contributed by atoms with Gasteiger partial charge < -0.3 is 9.52 Å². The number of amides is 1. The Labute approximate surface area is 180 Å². The minimum absolute atomic E-state index is 0.143. The van der Waals surface area contributed by atoms with Gasteiger partial charge in [-0.1, -0.05) is 30.4 Å². The Balaban J connectivity index is 1.63. The summed E-state index contributed by atoms with van der Waals surface area (Å²) in [4.78, 5) is 29.3. The highest BCUT2D eigenvalue weighted by atomic mass is 79.9. The third-order valence-electron chi connectivity index (χ3n) is 4.04. The van der Waals surface area contributed by atoms with E-state index in [2.05, 4.69) is 20.9 Å². The number of carbonyl (C=O) groups is 2. The lowest BCUT2D eigenvalue weighted by molar-refractivity contribution is -0.137. The first-order chi connectivity index (χ1) is 13.4. The molecule has 1 aliphatic rings. The lowest BCUT2D eigenvalue weighted by Crippen LogP contribution is -2.29. The van der Waals surface area contributed by atoms with Crippen LogP contribution >= 0.6 is 39.9 Å². The number of unbranched alkanes of at least 4 members (excludes halogenated alkanes) is 2. The summed E-state index contributed by atoms with van der Waals surface area (Å²) in [6.07, 6.45) is 7.29. The van der Waals surface area contributed by atoms with Crippen LogP contribution in [-0.4, -0.2) is 37.7 Å². The van der Waals surface area contributed by atoms with Crippen molar-refractivity contribution in [1.29, 1.82) is 0 Å². The molecule has 0 unspecified atom stereocenters. The van der Waals surface area contributed by atoms with Gasteiger partial charge in [-0.2, -0.15) is 0 Å². The molecule has 3 heterocycles. The summed E-state index contributed by atoms with van der Waals surface area (Å²) < 4.78 is 7.19. The minimum Gasteiger partial charge on any atom is -0.481 e. The molecular weight excluding hydrogens is 464 g/mol. The van der Waals surface area contributed by atoms with Crippen LogP contribution in [0.4, 0.5) is 0 Å². The summed E-state index contributed by atoms with van der Waals surface area (Å²) in [5.41, 5.74) is 0.836. The second-order valence-electron chi connectivity index (χ2n) is 6.13. The zero-order valence-electron chi connectivity index (χ0n) is 14.8. The maximum atomic E-state index is 12.6. The first-order valence-electron chi connectivity index (χ1n) is 8.62. The van der Waals surface area contributed by atoms with Gasteiger partial charge in [-0.05, 0) is 47.0 Å². The molecule has 1 aliphatic heterocycles. The van der Waals surface area contributed by atoms with Crippen LogP contribution in [0.25, 0.3) is 17.4 Å². The Kier molecular flexibility index (Phi) is 7.03. The molecular formula is C19H17BrN2O4S2. The molecule has 1 amide bonds. The molecule has 0 atom stereocenters. The van der Waals surface area contributed by atoms with E-state index >= 15 is 0 Å². The van der Waals surface area contributed by atoms with Crippen LogP contribution in [0.3, 0.4) is 0 Å². The van der Waals surface area contributed by atoms with E-state index in [-0.39, 0.29) is 12.3 Å². The summed E-state index contributed by atoms with van der Waals surface area (Å²) in [6.45, 7) is 0.495. The zero-order valence-corrected chi connectivity index (χ0v) is 18.0. The molecule has 0 bridgehead atoms. The fourth-order valence-corrected chi connectivity index (χ4v) is 4.33. The maximum absolute atomic E-state index is 12.6. The van der Waals surface area contributed by atoms with Crippen molar-refractivity contribution >= 4 is 62.2 Å². The predicted octanol–water partition coefficient (Wildman–Crippen LogP) is 4.95. The van der Waals surface area contributed by atoms with Crippen LogP contribution in [0.5, 0.6) is 0 Å². The van der Waals surface area contributed by atoms with E-state index in [0.717, 1.165) is 16.5 Å². The van der Waals surface area contributed by atoms with Crippen LogP contribution in [0.1, 0.15) is 31.4 Å². The van der Waals surface area contributed by atoms with E-state index in [4.69, 9.17) is 21.7 Å². The largest absolute Gasteiger partial charge is 0.481 e. The normalized spacial score (nSPS) is 15.6. The molecule has 1 saturated heterocycles. The Hall–Kier alpha value is -1.97. The number of thioether (sulfide) groups is 1. The number of furan rings is 1. The fraction of sp³-hybridized carbons (Fsp3) is 0.263. The highest BCUT2D eigenvalue weighted by Crippen LogP contribution is 2.34. The molecule has 1 N–H and O–H groups in total. The SMILES string of the molecule is O=C(O)CCCCCN1C(=O)C(=Cc2ccc(-c3cncc(Br)c3)o2)SC1=S. The molecule has 6 nitrogen and oxygen atoms in total. The van der Waals surface area contributed by atoms with Gasteiger partial charge in [-0.25, -0.2) is 0 Å². The second-order valence-corrected chi connectivity index (χ2v) is 8.72. The topological polar surface area (TPSA) is 83.6 Å². The molecule has 0 spiro atoms. The summed E-state index contributed by atoms with van der Waals surface area (Å²) in [7, 11) is 0. The van der Waals surface area contributed by atoms with Crippen LogP contribution in [-0.2, 0) is 9.59 Å². The van der Waals surface area contributed by atoms with E-state index in [1.54, 1.807) is 29.4 Å². The van der Waals surface area contributed by atoms with Crippen LogP contribution in [0, 0.1) is 0 Å². The second kappa shape index (κ2) is 9.49. The Morgan fingerprint density at radius 2 is 2.14 bits per heavy atom. The number of carbonyl (C=O) groups excluding carboxylic acids is 1. The van der Waals surface area contributed by atoms with Crippen molar-refractivity contribution in [1.82, 2.24) is 9.88 Å². The number of nitrogens with zero attached hydrogens (tertiary/aromatic N) is 2. The number of hydrogen-bond acceptors (Lipinski definition) is 6. The zero-order chi connectivity index (χ0) is 20.1. The average molecular weight is 481 g/mol. The van der Waals surface area contributed by atoms with Crippen LogP contribution in [0.15, 0.2) is 44.4 Å². The third-order valence-corrected chi connectivity index (χ3v) is 5.85. The lowest BCUT2D eigenvalue weighted by Gasteiger charge is -2.13. The molecule has 1 fully saturated rings. The molecule has 2 aromatic rings. The molecule has 0 radical (unpaired) electrons. The number of carboxylic acid groups (broad SMARTS) is 1. The Morgan fingerprint density at radius 1 is 1.32 bits per heavy atom. The molecule has 2 aromatic heterocycles. The van der Waals surface area contributed by atoms with Crippen molar-refractivity contribution in [2.24, 2.45) is 0 Å². The standard InChI is InChI=1S/C19H17BrN2O4S2/c20-13-8-12(10-21-11-13)15-6-5-14(26-15)9-16-18(25)22(19(27)28-16)7-3-1-2-4-17(23)24/h5-6,8-11H,1-4,7H2,(H,23,24). The summed E-state index contributed by atoms with van der Waals surface area (Å²) in [6, 6.07) is 5.53. The Morgan fingerprint density at radius 3 is 2.89 bits per heavy atom. The van der Waals surface area contributed by atoms with Gasteiger partial charge >= 0.3 is 5.97 Å². The molecule has 28 heavy (non-hydrogen) atoms. The molecule has 0 saturated carbocycles. The molecule has 3 rings (SSSR count). The van der Waals surface area contributed by atoms with E-state index in [1.165, 1.54) is 11.8 Å². The first kappa shape index (κ1) is 20.8. The smallest absolute Gasteiger partial charge is 0.303 e. The third kappa shape index (κ3) is 5.30. The number of aliphatic carboxylic acids is 1. The molecule has 0 aromatic carbocycles. The summed E-state index contributed by atoms with van der Waals surface area (Å²) in [5, 5.41) is 8.66. The number of thiocarbonyl (C=S) groups is 1. The lowest BCUT2D eigenvalue weighted by atomic mass is 10.2. The molecule has 9 heteroatoms. The summed E-state index contributed by atoms with van der Waals surface area (Å²) in [5.74, 6) is 0.284. The van der Waals surface area contributed by atoms with Gasteiger partial charge in [0.15, 0.2) is 0 Å². The molecule has 146 valence electrons. The van der Waals surface area contributed by atoms with Crippen molar-refractivity contribution in [3.8, 4) is 11.3 Å². The maximum Gasteiger partial charge on any atom is 0.303 e. The van der Waals surface area contributed by atoms with E-state index < -0.39 is 5.97 Å².